The summed E-state index contributed by atoms with van der Waals surface area (Å²) in [6.45, 7) is 0. The van der Waals surface area contributed by atoms with Crippen LogP contribution in [0.3, 0.4) is 0 Å². The normalized spacial score (nSPS) is 8.44. The average Bonchev–Trinajstić information content (AvgIpc) is 1.79. The molecule has 0 radical (unpaired) electrons. The molecule has 0 fully saturated rings. The summed E-state index contributed by atoms with van der Waals surface area (Å²) in [5.74, 6) is -3.09. The van der Waals surface area contributed by atoms with Crippen LogP contribution in [-0.4, -0.2) is 125 Å². The first-order valence-corrected chi connectivity index (χ1v) is 3.92. The number of carbonyl (C=O) groups excluding carboxylic acids is 2. The molecule has 0 unspecified atom stereocenters. The molecule has 0 atom stereocenters. The van der Waals surface area contributed by atoms with E-state index in [1.54, 1.807) is 0 Å². The van der Waals surface area contributed by atoms with Crippen LogP contribution in [0.25, 0.3) is 0 Å². The van der Waals surface area contributed by atoms with Crippen molar-refractivity contribution in [3.63, 3.8) is 0 Å². The van der Waals surface area contributed by atoms with E-state index < -0.39 is 19.8 Å². The Hall–Kier alpha value is 2.57. The summed E-state index contributed by atoms with van der Waals surface area (Å²) in [5.41, 5.74) is 0. The van der Waals surface area contributed by atoms with Crippen LogP contribution in [0, 0.1) is 0 Å². The molecule has 0 aromatic heterocycles. The van der Waals surface area contributed by atoms with Crippen molar-refractivity contribution in [1.82, 2.24) is 0 Å². The second kappa shape index (κ2) is 17.6. The maximum absolute atomic E-state index is 9.41. The third-order valence-electron chi connectivity index (χ3n) is 0.355. The maximum Gasteiger partial charge on any atom is 2.00 e. The number of phosphoric acid groups is 1. The quantitative estimate of drug-likeness (QED) is 0.273. The van der Waals surface area contributed by atoms with Crippen LogP contribution in [0.1, 0.15) is 0 Å². The van der Waals surface area contributed by atoms with Crippen molar-refractivity contribution in [2.75, 3.05) is 0 Å². The molecule has 0 spiro atoms. The first-order chi connectivity index (χ1) is 5.63. The third-order valence-corrected chi connectivity index (χ3v) is 0.355. The largest absolute Gasteiger partial charge is 2.00 e. The van der Waals surface area contributed by atoms with E-state index in [4.69, 9.17) is 19.2 Å². The molecule has 76 valence electrons. The molecular weight excluding hydrogens is 327 g/mol. The molecule has 0 saturated carbocycles. The van der Waals surface area contributed by atoms with Crippen LogP contribution in [0.5, 0.6) is 0 Å². The van der Waals surface area contributed by atoms with Crippen molar-refractivity contribution < 1.29 is 39.0 Å². The van der Waals surface area contributed by atoms with Crippen LogP contribution in [0.15, 0.2) is 12.2 Å². The van der Waals surface area contributed by atoms with Crippen LogP contribution >= 0.6 is 7.82 Å². The summed E-state index contributed by atoms with van der Waals surface area (Å²) in [7, 11) is -5.39. The monoisotopic (exact) mass is 329 g/mol. The summed E-state index contributed by atoms with van der Waals surface area (Å²) in [6, 6.07) is 0. The molecule has 8 nitrogen and oxygen atoms in total. The number of hydrogen-bond acceptors (Lipinski definition) is 8. The molecule has 0 aliphatic rings. The van der Waals surface area contributed by atoms with Crippen molar-refractivity contribution in [2.45, 2.75) is 0 Å². The maximum atomic E-state index is 9.41. The van der Waals surface area contributed by atoms with Crippen LogP contribution in [0.2, 0.25) is 0 Å². The zero-order chi connectivity index (χ0) is 11.1. The van der Waals surface area contributed by atoms with Gasteiger partial charge in [-0.1, -0.05) is 0 Å². The topological polar surface area (TPSA) is 167 Å². The molecule has 0 bridgehead atoms. The Labute approximate surface area is 180 Å². The van der Waals surface area contributed by atoms with Crippen molar-refractivity contribution >= 4 is 133 Å². The van der Waals surface area contributed by atoms with E-state index in [0.29, 0.717) is 12.2 Å². The molecule has 0 amide bonds. The van der Waals surface area contributed by atoms with Gasteiger partial charge in [-0.2, -0.15) is 7.82 Å². The fourth-order valence-corrected chi connectivity index (χ4v) is 0.136. The zero-order valence-electron chi connectivity index (χ0n) is 7.99. The Bertz CT molecular complexity index is 236. The van der Waals surface area contributed by atoms with E-state index in [2.05, 4.69) is 0 Å². The van der Waals surface area contributed by atoms with E-state index >= 15 is 0 Å². The third kappa shape index (κ3) is 70.1. The molecule has 0 aliphatic heterocycles. The minimum Gasteiger partial charge on any atom is -0.822 e. The summed E-state index contributed by atoms with van der Waals surface area (Å²) in [4.78, 5) is 44.5. The van der Waals surface area contributed by atoms with Crippen molar-refractivity contribution in [2.24, 2.45) is 0 Å². The van der Waals surface area contributed by atoms with Gasteiger partial charge < -0.3 is 39.0 Å². The molecule has 0 saturated heterocycles. The molecule has 0 aromatic rings. The van der Waals surface area contributed by atoms with Crippen molar-refractivity contribution in [3.8, 4) is 0 Å². The second-order valence-electron chi connectivity index (χ2n) is 1.42. The molecule has 0 heterocycles. The van der Waals surface area contributed by atoms with Gasteiger partial charge in [-0.15, -0.1) is 0 Å². The Balaban J connectivity index is -0.0000000454. The number of carbonyl (C=O) groups is 2. The van der Waals surface area contributed by atoms with Gasteiger partial charge in [0.1, 0.15) is 0 Å². The van der Waals surface area contributed by atoms with Gasteiger partial charge in [0, 0.05) is 0 Å². The Morgan fingerprint density at radius 2 is 0.938 bits per heavy atom. The van der Waals surface area contributed by atoms with Gasteiger partial charge in [0.25, 0.3) is 0 Å². The van der Waals surface area contributed by atoms with Crippen LogP contribution in [-0.2, 0) is 14.2 Å². The van der Waals surface area contributed by atoms with Crippen LogP contribution in [0.4, 0.5) is 0 Å². The molecule has 0 rings (SSSR count). The standard InChI is InChI=1S/C4H4O4.3Ca.H3O4P/c5-3(6)1-2-4(7)8;;;;1-5(2,3)4/h1-2H,(H,5,6)(H,7,8);;;;(H3,1,2,3,4)/q;3*+2;/p-5. The summed E-state index contributed by atoms with van der Waals surface area (Å²) in [6.07, 6.45) is 0.769. The van der Waals surface area contributed by atoms with Gasteiger partial charge in [0.2, 0.25) is 0 Å². The summed E-state index contributed by atoms with van der Waals surface area (Å²) in [5, 5.41) is 18.8. The van der Waals surface area contributed by atoms with E-state index in [0.717, 1.165) is 0 Å². The molecule has 12 heteroatoms. The average molecular weight is 329 g/mol. The molecule has 0 aromatic carbocycles. The van der Waals surface area contributed by atoms with Gasteiger partial charge in [0.15, 0.2) is 0 Å². The van der Waals surface area contributed by atoms with Gasteiger partial charge in [0.05, 0.1) is 11.9 Å². The Kier molecular flexibility index (Phi) is 34.2. The first-order valence-electron chi connectivity index (χ1n) is 2.46. The van der Waals surface area contributed by atoms with Gasteiger partial charge >= 0.3 is 113 Å². The fourth-order valence-electron chi connectivity index (χ4n) is 0.136. The first kappa shape index (κ1) is 31.1. The second-order valence-corrected chi connectivity index (χ2v) is 2.31. The van der Waals surface area contributed by atoms with Crippen molar-refractivity contribution in [1.29, 1.82) is 0 Å². The van der Waals surface area contributed by atoms with E-state index in [1.165, 1.54) is 0 Å². The summed E-state index contributed by atoms with van der Waals surface area (Å²) >= 11 is 0. The Morgan fingerprint density at radius 3 is 1.00 bits per heavy atom. The number of hydrogen-bond donors (Lipinski definition) is 0. The number of carboxylic acid groups (broad SMARTS) is 2. The number of carboxylic acids is 2. The minimum atomic E-state index is -5.39. The predicted octanol–water partition coefficient (Wildman–Crippen LogP) is -6.92. The van der Waals surface area contributed by atoms with E-state index in [9.17, 15) is 19.8 Å². The van der Waals surface area contributed by atoms with E-state index in [-0.39, 0.29) is 113 Å². The van der Waals surface area contributed by atoms with Gasteiger partial charge in [-0.05, 0) is 12.2 Å². The minimum absolute atomic E-state index is 0. The number of rotatable bonds is 2. The van der Waals surface area contributed by atoms with Gasteiger partial charge in [-0.25, -0.2) is 0 Å². The molecule has 0 N–H and O–H groups in total. The van der Waals surface area contributed by atoms with Gasteiger partial charge in [-0.3, -0.25) is 0 Å². The summed E-state index contributed by atoms with van der Waals surface area (Å²) < 4.78 is 8.55. The van der Waals surface area contributed by atoms with Crippen molar-refractivity contribution in [3.05, 3.63) is 12.2 Å². The molecular formula is C4H2Ca3O8P+. The Morgan fingerprint density at radius 1 is 0.812 bits per heavy atom. The zero-order valence-corrected chi connectivity index (χ0v) is 15.5. The SMILES string of the molecule is O=C([O-])C=CC(=O)[O-].O=P([O-])([O-])[O-].[Ca+2].[Ca+2].[Ca+2]. The van der Waals surface area contributed by atoms with E-state index in [1.807, 2.05) is 0 Å². The smallest absolute Gasteiger partial charge is 0.822 e. The fraction of sp³-hybridized carbons (Fsp3) is 0. The predicted molar refractivity (Wildman–Crippen MR) is 44.0 cm³/mol. The van der Waals surface area contributed by atoms with Crippen LogP contribution < -0.4 is 24.9 Å². The molecule has 0 aliphatic carbocycles. The molecule has 16 heavy (non-hydrogen) atoms. The number of aliphatic carboxylic acids is 2.